The van der Waals surface area contributed by atoms with Crippen molar-refractivity contribution in [3.8, 4) is 5.75 Å². The van der Waals surface area contributed by atoms with Crippen LogP contribution in [-0.4, -0.2) is 22.5 Å². The van der Waals surface area contributed by atoms with E-state index in [9.17, 15) is 0 Å². The summed E-state index contributed by atoms with van der Waals surface area (Å²) in [5.41, 5.74) is 2.21. The summed E-state index contributed by atoms with van der Waals surface area (Å²) in [6, 6.07) is 6.64. The minimum atomic E-state index is 0.584. The molecule has 0 spiro atoms. The van der Waals surface area contributed by atoms with Crippen LogP contribution in [-0.2, 0) is 6.42 Å². The highest BCUT2D eigenvalue weighted by Crippen LogP contribution is 2.45. The standard InChI is InChI=1S/C14H17ClN2O/c1-9-7-12(9)17-13-8-10(18-2)3-4-11(13)16-14(17)5-6-15/h3-4,8-9,12H,5-7H2,1-2H3. The van der Waals surface area contributed by atoms with Crippen molar-refractivity contribution >= 4 is 22.6 Å². The molecule has 1 aromatic heterocycles. The lowest BCUT2D eigenvalue weighted by Crippen LogP contribution is -2.03. The lowest BCUT2D eigenvalue weighted by Gasteiger charge is -2.08. The van der Waals surface area contributed by atoms with Crippen LogP contribution in [0.3, 0.4) is 0 Å². The van der Waals surface area contributed by atoms with Crippen molar-refractivity contribution in [2.45, 2.75) is 25.8 Å². The summed E-state index contributed by atoms with van der Waals surface area (Å²) in [5, 5.41) is 0. The fraction of sp³-hybridized carbons (Fsp3) is 0.500. The van der Waals surface area contributed by atoms with E-state index in [4.69, 9.17) is 21.3 Å². The summed E-state index contributed by atoms with van der Waals surface area (Å²) in [6.07, 6.45) is 2.06. The monoisotopic (exact) mass is 264 g/mol. The van der Waals surface area contributed by atoms with Crippen molar-refractivity contribution in [1.82, 2.24) is 9.55 Å². The van der Waals surface area contributed by atoms with Gasteiger partial charge in [-0.1, -0.05) is 6.92 Å². The van der Waals surface area contributed by atoms with Gasteiger partial charge in [-0.3, -0.25) is 0 Å². The first kappa shape index (κ1) is 11.8. The number of hydrogen-bond donors (Lipinski definition) is 0. The third-order valence-corrected chi connectivity index (χ3v) is 3.88. The van der Waals surface area contributed by atoms with Crippen molar-refractivity contribution < 1.29 is 4.74 Å². The summed E-state index contributed by atoms with van der Waals surface area (Å²) >= 11 is 5.88. The minimum Gasteiger partial charge on any atom is -0.497 e. The third kappa shape index (κ3) is 1.87. The Morgan fingerprint density at radius 3 is 2.89 bits per heavy atom. The average molecular weight is 265 g/mol. The molecule has 0 saturated heterocycles. The van der Waals surface area contributed by atoms with E-state index in [1.165, 1.54) is 11.9 Å². The third-order valence-electron chi connectivity index (χ3n) is 3.69. The van der Waals surface area contributed by atoms with E-state index < -0.39 is 0 Å². The molecule has 18 heavy (non-hydrogen) atoms. The second-order valence-electron chi connectivity index (χ2n) is 4.97. The van der Waals surface area contributed by atoms with E-state index in [1.54, 1.807) is 7.11 Å². The minimum absolute atomic E-state index is 0.584. The number of rotatable bonds is 4. The first-order chi connectivity index (χ1) is 8.74. The normalized spacial score (nSPS) is 22.4. The Kier molecular flexibility index (Phi) is 2.94. The van der Waals surface area contributed by atoms with Gasteiger partial charge in [0.15, 0.2) is 0 Å². The Balaban J connectivity index is 2.15. The van der Waals surface area contributed by atoms with Crippen LogP contribution in [0.1, 0.15) is 25.2 Å². The maximum Gasteiger partial charge on any atom is 0.121 e. The van der Waals surface area contributed by atoms with Crippen molar-refractivity contribution in [2.24, 2.45) is 5.92 Å². The zero-order valence-corrected chi connectivity index (χ0v) is 11.4. The molecule has 1 aliphatic carbocycles. The number of aromatic nitrogens is 2. The topological polar surface area (TPSA) is 27.1 Å². The maximum absolute atomic E-state index is 5.88. The van der Waals surface area contributed by atoms with Gasteiger partial charge < -0.3 is 9.30 Å². The molecule has 0 radical (unpaired) electrons. The van der Waals surface area contributed by atoms with E-state index in [0.29, 0.717) is 11.9 Å². The summed E-state index contributed by atoms with van der Waals surface area (Å²) in [6.45, 7) is 2.28. The summed E-state index contributed by atoms with van der Waals surface area (Å²) in [4.78, 5) is 4.70. The second kappa shape index (κ2) is 4.47. The molecule has 0 N–H and O–H groups in total. The molecule has 1 aromatic carbocycles. The van der Waals surface area contributed by atoms with Gasteiger partial charge in [-0.25, -0.2) is 4.98 Å². The predicted octanol–water partition coefficient (Wildman–Crippen LogP) is 3.41. The molecule has 0 amide bonds. The molecular weight excluding hydrogens is 248 g/mol. The van der Waals surface area contributed by atoms with E-state index in [-0.39, 0.29) is 0 Å². The molecule has 1 heterocycles. The summed E-state index contributed by atoms with van der Waals surface area (Å²) < 4.78 is 7.66. The van der Waals surface area contributed by atoms with E-state index in [2.05, 4.69) is 17.6 Å². The van der Waals surface area contributed by atoms with Crippen LogP contribution in [0.4, 0.5) is 0 Å². The fourth-order valence-corrected chi connectivity index (χ4v) is 2.71. The summed E-state index contributed by atoms with van der Waals surface area (Å²) in [7, 11) is 1.70. The Morgan fingerprint density at radius 2 is 2.28 bits per heavy atom. The van der Waals surface area contributed by atoms with Crippen LogP contribution < -0.4 is 4.74 Å². The number of benzene rings is 1. The molecular formula is C14H17ClN2O. The van der Waals surface area contributed by atoms with Crippen LogP contribution >= 0.6 is 11.6 Å². The Bertz CT molecular complexity index is 578. The molecule has 0 bridgehead atoms. The van der Waals surface area contributed by atoms with Gasteiger partial charge in [0.25, 0.3) is 0 Å². The molecule has 2 atom stereocenters. The van der Waals surface area contributed by atoms with Gasteiger partial charge in [-0.15, -0.1) is 11.6 Å². The first-order valence-corrected chi connectivity index (χ1v) is 6.89. The molecule has 1 aliphatic rings. The number of imidazole rings is 1. The number of methoxy groups -OCH3 is 1. The first-order valence-electron chi connectivity index (χ1n) is 6.35. The molecule has 2 unspecified atom stereocenters. The molecule has 96 valence electrons. The van der Waals surface area contributed by atoms with E-state index in [0.717, 1.165) is 29.4 Å². The lowest BCUT2D eigenvalue weighted by molar-refractivity contribution is 0.415. The van der Waals surface area contributed by atoms with Crippen molar-refractivity contribution in [2.75, 3.05) is 13.0 Å². The van der Waals surface area contributed by atoms with Gasteiger partial charge in [0, 0.05) is 24.4 Å². The van der Waals surface area contributed by atoms with Crippen molar-refractivity contribution in [3.63, 3.8) is 0 Å². The molecule has 1 saturated carbocycles. The van der Waals surface area contributed by atoms with Crippen LogP contribution in [0, 0.1) is 5.92 Å². The van der Waals surface area contributed by atoms with Gasteiger partial charge >= 0.3 is 0 Å². The average Bonchev–Trinajstić information content (AvgIpc) is 2.98. The highest BCUT2D eigenvalue weighted by Gasteiger charge is 2.36. The number of fused-ring (bicyclic) bond motifs is 1. The zero-order chi connectivity index (χ0) is 12.7. The molecule has 0 aliphatic heterocycles. The van der Waals surface area contributed by atoms with Gasteiger partial charge in [0.05, 0.1) is 18.1 Å². The lowest BCUT2D eigenvalue weighted by atomic mass is 10.3. The van der Waals surface area contributed by atoms with Gasteiger partial charge in [0.1, 0.15) is 11.6 Å². The quantitative estimate of drug-likeness (QED) is 0.792. The Hall–Kier alpha value is -1.22. The van der Waals surface area contributed by atoms with Crippen LogP contribution in [0.15, 0.2) is 18.2 Å². The number of aryl methyl sites for hydroxylation is 1. The molecule has 2 aromatic rings. The van der Waals surface area contributed by atoms with Crippen molar-refractivity contribution in [1.29, 1.82) is 0 Å². The van der Waals surface area contributed by atoms with Crippen molar-refractivity contribution in [3.05, 3.63) is 24.0 Å². The largest absolute Gasteiger partial charge is 0.497 e. The smallest absolute Gasteiger partial charge is 0.121 e. The SMILES string of the molecule is COc1ccc2nc(CCCl)n(C3CC3C)c2c1. The molecule has 4 heteroatoms. The highest BCUT2D eigenvalue weighted by atomic mass is 35.5. The summed E-state index contributed by atoms with van der Waals surface area (Å²) in [5.74, 6) is 3.33. The second-order valence-corrected chi connectivity index (χ2v) is 5.35. The number of alkyl halides is 1. The fourth-order valence-electron chi connectivity index (χ4n) is 2.54. The number of ether oxygens (including phenoxy) is 1. The number of hydrogen-bond acceptors (Lipinski definition) is 2. The van der Waals surface area contributed by atoms with Crippen LogP contribution in [0.5, 0.6) is 5.75 Å². The van der Waals surface area contributed by atoms with E-state index in [1.807, 2.05) is 12.1 Å². The number of nitrogens with zero attached hydrogens (tertiary/aromatic N) is 2. The molecule has 3 nitrogen and oxygen atoms in total. The Labute approximate surface area is 112 Å². The Morgan fingerprint density at radius 1 is 1.50 bits per heavy atom. The molecule has 1 fully saturated rings. The predicted molar refractivity (Wildman–Crippen MR) is 73.5 cm³/mol. The molecule has 3 rings (SSSR count). The number of halogens is 1. The van der Waals surface area contributed by atoms with Gasteiger partial charge in [0.2, 0.25) is 0 Å². The van der Waals surface area contributed by atoms with Crippen LogP contribution in [0.25, 0.3) is 11.0 Å². The van der Waals surface area contributed by atoms with E-state index >= 15 is 0 Å². The maximum atomic E-state index is 5.88. The van der Waals surface area contributed by atoms with Gasteiger partial charge in [-0.05, 0) is 24.5 Å². The van der Waals surface area contributed by atoms with Crippen LogP contribution in [0.2, 0.25) is 0 Å². The van der Waals surface area contributed by atoms with Gasteiger partial charge in [-0.2, -0.15) is 0 Å². The highest BCUT2D eigenvalue weighted by molar-refractivity contribution is 6.17. The zero-order valence-electron chi connectivity index (χ0n) is 10.7.